The third-order valence-electron chi connectivity index (χ3n) is 4.60. The molecule has 0 amide bonds. The van der Waals surface area contributed by atoms with Crippen molar-refractivity contribution in [1.29, 1.82) is 0 Å². The van der Waals surface area contributed by atoms with Gasteiger partial charge in [-0.2, -0.15) is 0 Å². The van der Waals surface area contributed by atoms with E-state index < -0.39 is 0 Å². The normalized spacial score (nSPS) is 41.2. The summed E-state index contributed by atoms with van der Waals surface area (Å²) < 4.78 is 5.72. The molecule has 2 nitrogen and oxygen atoms in total. The average Bonchev–Trinajstić information content (AvgIpc) is 2.72. The van der Waals surface area contributed by atoms with Gasteiger partial charge in [-0.3, -0.25) is 4.90 Å². The van der Waals surface area contributed by atoms with Crippen LogP contribution in [-0.4, -0.2) is 36.7 Å². The van der Waals surface area contributed by atoms with Crippen molar-refractivity contribution in [3.63, 3.8) is 0 Å². The Morgan fingerprint density at radius 2 is 2.07 bits per heavy atom. The van der Waals surface area contributed by atoms with Crippen molar-refractivity contribution < 1.29 is 4.74 Å². The second-order valence-corrected chi connectivity index (χ2v) is 6.08. The number of likely N-dealkylation sites (tertiary alicyclic amines) is 1. The third-order valence-corrected chi connectivity index (χ3v) is 4.60. The molecule has 15 heavy (non-hydrogen) atoms. The molecule has 3 unspecified atom stereocenters. The van der Waals surface area contributed by atoms with Crippen molar-refractivity contribution in [2.24, 2.45) is 11.3 Å². The topological polar surface area (TPSA) is 12.5 Å². The zero-order valence-electron chi connectivity index (χ0n) is 10.6. The number of nitrogens with zero attached hydrogens (tertiary/aromatic N) is 1. The standard InChI is InChI=1S/C13H25NO/c1-10-11(2)14(9-13(10,3)4)8-12-6-5-7-15-12/h10-12H,5-9H2,1-4H3. The van der Waals surface area contributed by atoms with Crippen LogP contribution < -0.4 is 0 Å². The van der Waals surface area contributed by atoms with E-state index in [9.17, 15) is 0 Å². The van der Waals surface area contributed by atoms with Crippen molar-refractivity contribution in [3.05, 3.63) is 0 Å². The molecule has 0 aromatic carbocycles. The summed E-state index contributed by atoms with van der Waals surface area (Å²) in [5, 5.41) is 0. The first-order valence-corrected chi connectivity index (χ1v) is 6.36. The van der Waals surface area contributed by atoms with Gasteiger partial charge in [-0.1, -0.05) is 20.8 Å². The largest absolute Gasteiger partial charge is 0.377 e. The molecule has 0 bridgehead atoms. The molecule has 0 aromatic heterocycles. The van der Waals surface area contributed by atoms with Gasteiger partial charge in [0.15, 0.2) is 0 Å². The summed E-state index contributed by atoms with van der Waals surface area (Å²) in [5.41, 5.74) is 0.470. The molecule has 0 aliphatic carbocycles. The minimum Gasteiger partial charge on any atom is -0.377 e. The summed E-state index contributed by atoms with van der Waals surface area (Å²) in [5.74, 6) is 0.791. The average molecular weight is 211 g/mol. The maximum Gasteiger partial charge on any atom is 0.0702 e. The van der Waals surface area contributed by atoms with E-state index in [2.05, 4.69) is 32.6 Å². The molecule has 0 saturated carbocycles. The van der Waals surface area contributed by atoms with E-state index in [1.165, 1.54) is 19.4 Å². The molecule has 0 spiro atoms. The molecule has 0 aromatic rings. The SMILES string of the molecule is CC1C(C)C(C)(C)CN1CC1CCCO1. The van der Waals surface area contributed by atoms with Gasteiger partial charge in [0.05, 0.1) is 6.10 Å². The molecule has 2 rings (SSSR count). The molecular weight excluding hydrogens is 186 g/mol. The van der Waals surface area contributed by atoms with Gasteiger partial charge >= 0.3 is 0 Å². The van der Waals surface area contributed by atoms with Crippen LogP contribution in [0.5, 0.6) is 0 Å². The molecule has 2 aliphatic heterocycles. The molecule has 3 atom stereocenters. The Kier molecular flexibility index (Phi) is 3.09. The van der Waals surface area contributed by atoms with Crippen LogP contribution in [-0.2, 0) is 4.74 Å². The van der Waals surface area contributed by atoms with Gasteiger partial charge in [-0.15, -0.1) is 0 Å². The number of ether oxygens (including phenoxy) is 1. The number of rotatable bonds is 2. The predicted octanol–water partition coefficient (Wildman–Crippen LogP) is 2.53. The van der Waals surface area contributed by atoms with Gasteiger partial charge < -0.3 is 4.74 Å². The van der Waals surface area contributed by atoms with Crippen molar-refractivity contribution >= 4 is 0 Å². The van der Waals surface area contributed by atoms with Gasteiger partial charge in [-0.25, -0.2) is 0 Å². The lowest BCUT2D eigenvalue weighted by atomic mass is 9.81. The first-order valence-electron chi connectivity index (χ1n) is 6.36. The highest BCUT2D eigenvalue weighted by Gasteiger charge is 2.42. The minimum absolute atomic E-state index is 0.470. The molecule has 0 N–H and O–H groups in total. The van der Waals surface area contributed by atoms with Crippen molar-refractivity contribution in [2.75, 3.05) is 19.7 Å². The van der Waals surface area contributed by atoms with Crippen LogP contribution in [0.25, 0.3) is 0 Å². The van der Waals surface area contributed by atoms with E-state index >= 15 is 0 Å². The number of hydrogen-bond acceptors (Lipinski definition) is 2. The predicted molar refractivity (Wildman–Crippen MR) is 63.0 cm³/mol. The Hall–Kier alpha value is -0.0800. The maximum absolute atomic E-state index is 5.72. The Morgan fingerprint density at radius 1 is 1.33 bits per heavy atom. The van der Waals surface area contributed by atoms with E-state index in [4.69, 9.17) is 4.74 Å². The molecule has 0 radical (unpaired) electrons. The molecule has 2 heteroatoms. The summed E-state index contributed by atoms with van der Waals surface area (Å²) in [6.07, 6.45) is 3.03. The molecule has 88 valence electrons. The lowest BCUT2D eigenvalue weighted by Crippen LogP contribution is -2.36. The highest BCUT2D eigenvalue weighted by atomic mass is 16.5. The zero-order valence-corrected chi connectivity index (χ0v) is 10.6. The number of hydrogen-bond donors (Lipinski definition) is 0. The first kappa shape index (κ1) is 11.4. The van der Waals surface area contributed by atoms with Crippen LogP contribution in [0.3, 0.4) is 0 Å². The fourth-order valence-electron chi connectivity index (χ4n) is 3.06. The third kappa shape index (κ3) is 2.21. The fraction of sp³-hybridized carbons (Fsp3) is 1.00. The zero-order chi connectivity index (χ0) is 11.1. The van der Waals surface area contributed by atoms with Crippen LogP contribution >= 0.6 is 0 Å². The quantitative estimate of drug-likeness (QED) is 0.696. The summed E-state index contributed by atoms with van der Waals surface area (Å²) in [6, 6.07) is 0.712. The highest BCUT2D eigenvalue weighted by molar-refractivity contribution is 4.94. The molecule has 2 saturated heterocycles. The van der Waals surface area contributed by atoms with E-state index in [0.717, 1.165) is 19.1 Å². The maximum atomic E-state index is 5.72. The Labute approximate surface area is 94.0 Å². The minimum atomic E-state index is 0.470. The molecule has 2 heterocycles. The van der Waals surface area contributed by atoms with Gasteiger partial charge in [0.25, 0.3) is 0 Å². The summed E-state index contributed by atoms with van der Waals surface area (Å²) >= 11 is 0. The molecule has 2 aliphatic rings. The van der Waals surface area contributed by atoms with Crippen molar-refractivity contribution in [3.8, 4) is 0 Å². The second kappa shape index (κ2) is 4.06. The van der Waals surface area contributed by atoms with Gasteiger partial charge in [0.1, 0.15) is 0 Å². The van der Waals surface area contributed by atoms with Crippen LogP contribution in [0.1, 0.15) is 40.5 Å². The Balaban J connectivity index is 1.93. The Bertz CT molecular complexity index is 221. The van der Waals surface area contributed by atoms with E-state index in [1.807, 2.05) is 0 Å². The van der Waals surface area contributed by atoms with Crippen molar-refractivity contribution in [2.45, 2.75) is 52.7 Å². The van der Waals surface area contributed by atoms with Gasteiger partial charge in [0, 0.05) is 25.7 Å². The van der Waals surface area contributed by atoms with Crippen LogP contribution in [0, 0.1) is 11.3 Å². The molecule has 2 fully saturated rings. The lowest BCUT2D eigenvalue weighted by molar-refractivity contribution is 0.0678. The van der Waals surface area contributed by atoms with E-state index in [0.29, 0.717) is 17.6 Å². The van der Waals surface area contributed by atoms with Crippen LogP contribution in [0.2, 0.25) is 0 Å². The fourth-order valence-corrected chi connectivity index (χ4v) is 3.06. The summed E-state index contributed by atoms with van der Waals surface area (Å²) in [6.45, 7) is 12.9. The smallest absolute Gasteiger partial charge is 0.0702 e. The van der Waals surface area contributed by atoms with Gasteiger partial charge in [0.2, 0.25) is 0 Å². The van der Waals surface area contributed by atoms with E-state index in [1.54, 1.807) is 0 Å². The first-order chi connectivity index (χ1) is 7.00. The van der Waals surface area contributed by atoms with E-state index in [-0.39, 0.29) is 0 Å². The Morgan fingerprint density at radius 3 is 2.53 bits per heavy atom. The molecular formula is C13H25NO. The van der Waals surface area contributed by atoms with Crippen molar-refractivity contribution in [1.82, 2.24) is 4.90 Å². The van der Waals surface area contributed by atoms with Crippen LogP contribution in [0.4, 0.5) is 0 Å². The summed E-state index contributed by atoms with van der Waals surface area (Å²) in [4.78, 5) is 2.63. The van der Waals surface area contributed by atoms with Gasteiger partial charge in [-0.05, 0) is 31.1 Å². The highest BCUT2D eigenvalue weighted by Crippen LogP contribution is 2.39. The van der Waals surface area contributed by atoms with Crippen LogP contribution in [0.15, 0.2) is 0 Å². The monoisotopic (exact) mass is 211 g/mol. The lowest BCUT2D eigenvalue weighted by Gasteiger charge is -2.25. The second-order valence-electron chi connectivity index (χ2n) is 6.08. The summed E-state index contributed by atoms with van der Waals surface area (Å²) in [7, 11) is 0.